The van der Waals surface area contributed by atoms with Crippen molar-refractivity contribution in [2.24, 2.45) is 17.8 Å². The van der Waals surface area contributed by atoms with Crippen molar-refractivity contribution in [2.75, 3.05) is 81.3 Å². The summed E-state index contributed by atoms with van der Waals surface area (Å²) in [7, 11) is 5.83. The number of methoxy groups -OCH3 is 4. The Hall–Kier alpha value is -3.72. The number of hydrogen-bond acceptors (Lipinski definition) is 15. The van der Waals surface area contributed by atoms with Crippen molar-refractivity contribution in [3.8, 4) is 0 Å². The van der Waals surface area contributed by atoms with Gasteiger partial charge in [0.05, 0.1) is 65.7 Å². The van der Waals surface area contributed by atoms with E-state index < -0.39 is 29.7 Å². The monoisotopic (exact) mass is 853 g/mol. The minimum absolute atomic E-state index is 0. The van der Waals surface area contributed by atoms with Crippen molar-refractivity contribution in [1.29, 1.82) is 4.35 Å². The fourth-order valence-electron chi connectivity index (χ4n) is 4.62. The zero-order valence-electron chi connectivity index (χ0n) is 36.1. The third kappa shape index (κ3) is 35.9. The molecule has 0 heterocycles. The Labute approximate surface area is 361 Å². The number of ether oxygens (including phenoxy) is 8. The molecule has 2 fully saturated rings. The van der Waals surface area contributed by atoms with E-state index in [0.29, 0.717) is 58.3 Å². The number of carbonyl (C=O) groups is 6. The maximum absolute atomic E-state index is 12.7. The van der Waals surface area contributed by atoms with Crippen LogP contribution in [-0.2, 0) is 66.7 Å². The van der Waals surface area contributed by atoms with Gasteiger partial charge in [-0.25, -0.2) is 9.59 Å². The molecule has 2 aliphatic carbocycles. The molecule has 2 aliphatic rings. The minimum atomic E-state index is -0.555. The van der Waals surface area contributed by atoms with Crippen LogP contribution in [0.2, 0.25) is 0 Å². The Morgan fingerprint density at radius 3 is 1.49 bits per heavy atom. The molecule has 3 N–H and O–H groups in total. The van der Waals surface area contributed by atoms with Crippen molar-refractivity contribution in [1.82, 2.24) is 10.6 Å². The zero-order valence-corrected chi connectivity index (χ0v) is 37.3. The van der Waals surface area contributed by atoms with Crippen LogP contribution in [0.25, 0.3) is 0 Å². The molecule has 59 heavy (non-hydrogen) atoms. The van der Waals surface area contributed by atoms with E-state index in [2.05, 4.69) is 39.8 Å². The van der Waals surface area contributed by atoms with Crippen molar-refractivity contribution >= 4 is 60.2 Å². The van der Waals surface area contributed by atoms with Gasteiger partial charge >= 0.3 is 44.3 Å². The number of amides is 2. The van der Waals surface area contributed by atoms with Crippen LogP contribution < -0.4 is 10.6 Å². The van der Waals surface area contributed by atoms with Gasteiger partial charge in [0, 0.05) is 52.8 Å². The molecule has 0 spiro atoms. The van der Waals surface area contributed by atoms with E-state index >= 15 is 0 Å². The normalized spacial score (nSPS) is 13.8. The Kier molecular flexibility index (Phi) is 46.0. The average Bonchev–Trinajstić information content (AvgIpc) is 3.21. The molecule has 0 aliphatic heterocycles. The third-order valence-electron chi connectivity index (χ3n) is 8.45. The average molecular weight is 854 g/mol. The maximum atomic E-state index is 12.7. The summed E-state index contributed by atoms with van der Waals surface area (Å²) in [5, 5.41) is 5.83. The summed E-state index contributed by atoms with van der Waals surface area (Å²) in [6.07, 6.45) is 11.4. The van der Waals surface area contributed by atoms with Crippen molar-refractivity contribution in [3.63, 3.8) is 0 Å². The van der Waals surface area contributed by atoms with Gasteiger partial charge in [0.15, 0.2) is 0 Å². The summed E-state index contributed by atoms with van der Waals surface area (Å²) < 4.78 is 44.6. The van der Waals surface area contributed by atoms with Crippen LogP contribution in [-0.4, -0.2) is 154 Å². The van der Waals surface area contributed by atoms with E-state index in [9.17, 15) is 28.8 Å². The van der Waals surface area contributed by atoms with Crippen LogP contribution >= 0.6 is 0 Å². The van der Waals surface area contributed by atoms with Crippen LogP contribution in [0.5, 0.6) is 0 Å². The summed E-state index contributed by atoms with van der Waals surface area (Å²) in [5.41, 5.74) is 0. The van der Waals surface area contributed by atoms with E-state index in [1.165, 1.54) is 26.7 Å². The summed E-state index contributed by atoms with van der Waals surface area (Å²) >= 11 is 1.67. The number of hydrogen-bond donors (Lipinski definition) is 3. The fraction of sp³-hybridized carbons (Fsp3) is 0.700. The molecule has 3 unspecified atom stereocenters. The Morgan fingerprint density at radius 1 is 0.644 bits per heavy atom. The van der Waals surface area contributed by atoms with E-state index in [0.717, 1.165) is 44.3 Å². The first-order valence-corrected chi connectivity index (χ1v) is 19.8. The van der Waals surface area contributed by atoms with Gasteiger partial charge in [0.1, 0.15) is 13.2 Å². The molecule has 17 nitrogen and oxygen atoms in total. The molecule has 0 aromatic carbocycles. The molecule has 2 rings (SSSR count). The number of carbonyl (C=O) groups excluding carboxylic acids is 6. The fourth-order valence-corrected chi connectivity index (χ4v) is 4.62. The number of rotatable bonds is 25. The Morgan fingerprint density at radius 2 is 1.12 bits per heavy atom. The molecule has 0 bridgehead atoms. The first-order valence-electron chi connectivity index (χ1n) is 19.3. The van der Waals surface area contributed by atoms with E-state index in [1.54, 1.807) is 37.2 Å². The molecule has 3 atom stereocenters. The van der Waals surface area contributed by atoms with Gasteiger partial charge in [0.2, 0.25) is 11.8 Å². The van der Waals surface area contributed by atoms with E-state index in [4.69, 9.17) is 32.8 Å². The standard InChI is InChI=1S/C21H37NO7.C8H14O4.C7H11NO.C4H6O2.Al.B.HN/c1-5-16(20(24)27-4)14-17(21(25)29-12-11-28-10-9-26-3)13-15(2)19(23)22-18-7-6-8-18;1-3-8(9)12-7-6-11-5-4-10-2;1-2-7(9)8-6-4-3-5-6;1-3-4(5)6-2;;;/h15-18H,5-14H2,1-4H3,(H,22,23);3H,1,4-7H2,2H3;2,6H,1,3-5H2,(H,8,9);3H,1H2,2H3;;;1H. The van der Waals surface area contributed by atoms with Gasteiger partial charge in [-0.2, -0.15) is 0 Å². The SMILES string of the molecule is C=CC(=O)NC1CCC1.C=CC(=O)OC.C=CC(=O)OCCOCCOC.CCC(CC(CC(C)C(=O)NC1CCC1)C(=O)OCCOCCOC)C(=O)OC.[B].[NH]=[Al]. The topological polar surface area (TPSA) is 224 Å². The molecule has 0 saturated heterocycles. The van der Waals surface area contributed by atoms with Crippen LogP contribution in [0.15, 0.2) is 38.0 Å². The second-order valence-corrected chi connectivity index (χ2v) is 12.7. The van der Waals surface area contributed by atoms with Gasteiger partial charge < -0.3 is 48.5 Å². The van der Waals surface area contributed by atoms with Gasteiger partial charge in [-0.15, -0.1) is 0 Å². The Balaban J connectivity index is -0.000000410. The summed E-state index contributed by atoms with van der Waals surface area (Å²) in [6.45, 7) is 16.5. The first-order chi connectivity index (χ1) is 27.9. The van der Waals surface area contributed by atoms with Crippen LogP contribution in [0, 0.1) is 22.1 Å². The molecule has 0 aromatic rings. The zero-order chi connectivity index (χ0) is 44.6. The first kappa shape index (κ1) is 61.9. The Bertz CT molecular complexity index is 1180. The third-order valence-corrected chi connectivity index (χ3v) is 8.45. The molecular formula is C40H69AlBN3O14. The summed E-state index contributed by atoms with van der Waals surface area (Å²) in [5.74, 6) is -2.98. The second-order valence-electron chi connectivity index (χ2n) is 12.7. The van der Waals surface area contributed by atoms with Crippen LogP contribution in [0.1, 0.15) is 71.6 Å². The predicted octanol–water partition coefficient (Wildman–Crippen LogP) is 3.19. The molecule has 19 heteroatoms. The van der Waals surface area contributed by atoms with Crippen molar-refractivity contribution in [2.45, 2.75) is 83.7 Å². The quantitative estimate of drug-likeness (QED) is 0.0395. The van der Waals surface area contributed by atoms with Crippen molar-refractivity contribution < 1.29 is 66.7 Å². The van der Waals surface area contributed by atoms with E-state index in [-0.39, 0.29) is 58.0 Å². The predicted molar refractivity (Wildman–Crippen MR) is 223 cm³/mol. The van der Waals surface area contributed by atoms with Gasteiger partial charge in [-0.3, -0.25) is 19.2 Å². The second kappa shape index (κ2) is 43.8. The molecule has 334 valence electrons. The number of nitrogens with one attached hydrogen (secondary N) is 3. The van der Waals surface area contributed by atoms with Gasteiger partial charge in [-0.1, -0.05) is 33.6 Å². The van der Waals surface area contributed by atoms with Gasteiger partial charge in [-0.05, 0) is 63.9 Å². The van der Waals surface area contributed by atoms with Crippen molar-refractivity contribution in [3.05, 3.63) is 38.0 Å². The molecule has 2 amide bonds. The summed E-state index contributed by atoms with van der Waals surface area (Å²) in [4.78, 5) is 68.0. The molecule has 0 aromatic heterocycles. The molecule has 2 saturated carbocycles. The molecular weight excluding hydrogens is 784 g/mol. The van der Waals surface area contributed by atoms with Gasteiger partial charge in [0.25, 0.3) is 0 Å². The number of esters is 4. The van der Waals surface area contributed by atoms with Crippen LogP contribution in [0.4, 0.5) is 0 Å². The summed E-state index contributed by atoms with van der Waals surface area (Å²) in [6, 6.07) is 0.688. The van der Waals surface area contributed by atoms with E-state index in [1.807, 2.05) is 6.92 Å². The molecule has 4 radical (unpaired) electrons. The van der Waals surface area contributed by atoms with Crippen LogP contribution in [0.3, 0.4) is 0 Å².